The van der Waals surface area contributed by atoms with Gasteiger partial charge in [0.15, 0.2) is 0 Å². The summed E-state index contributed by atoms with van der Waals surface area (Å²) in [5.41, 5.74) is 1.50. The second-order valence-electron chi connectivity index (χ2n) is 6.39. The molecule has 1 fully saturated rings. The van der Waals surface area contributed by atoms with Gasteiger partial charge in [0.25, 0.3) is 0 Å². The van der Waals surface area contributed by atoms with Gasteiger partial charge in [0.05, 0.1) is 17.1 Å². The highest BCUT2D eigenvalue weighted by atomic mass is 16.1. The van der Waals surface area contributed by atoms with Gasteiger partial charge in [0, 0.05) is 19.1 Å². The van der Waals surface area contributed by atoms with E-state index in [0.717, 1.165) is 49.8 Å². The Kier molecular flexibility index (Phi) is 4.27. The lowest BCUT2D eigenvalue weighted by Crippen LogP contribution is -2.51. The number of piperidine rings is 1. The summed E-state index contributed by atoms with van der Waals surface area (Å²) in [5.74, 6) is 0. The van der Waals surface area contributed by atoms with Crippen molar-refractivity contribution in [3.63, 3.8) is 0 Å². The van der Waals surface area contributed by atoms with Crippen LogP contribution in [0.2, 0.25) is 0 Å². The van der Waals surface area contributed by atoms with Crippen molar-refractivity contribution in [2.75, 3.05) is 13.1 Å². The summed E-state index contributed by atoms with van der Waals surface area (Å²) < 4.78 is 1.90. The van der Waals surface area contributed by atoms with E-state index in [-0.39, 0.29) is 17.3 Å². The van der Waals surface area contributed by atoms with Crippen molar-refractivity contribution in [2.45, 2.75) is 51.1 Å². The molecule has 2 heterocycles. The first-order valence-electron chi connectivity index (χ1n) is 8.50. The first kappa shape index (κ1) is 15.8. The van der Waals surface area contributed by atoms with Crippen LogP contribution in [-0.2, 0) is 0 Å². The van der Waals surface area contributed by atoms with Crippen LogP contribution < -0.4 is 5.69 Å². The topological polar surface area (TPSA) is 64.8 Å². The third-order valence-electron chi connectivity index (χ3n) is 5.44. The minimum absolute atomic E-state index is 0.0258. The predicted octanol–water partition coefficient (Wildman–Crippen LogP) is 3.05. The normalized spacial score (nSPS) is 17.4. The van der Waals surface area contributed by atoms with E-state index < -0.39 is 0 Å². The molecule has 0 aliphatic carbocycles. The van der Waals surface area contributed by atoms with Crippen molar-refractivity contribution in [2.24, 2.45) is 0 Å². The van der Waals surface area contributed by atoms with Crippen LogP contribution in [0.1, 0.15) is 45.6 Å². The van der Waals surface area contributed by atoms with E-state index >= 15 is 0 Å². The van der Waals surface area contributed by atoms with Gasteiger partial charge in [0.1, 0.15) is 5.54 Å². The second-order valence-corrected chi connectivity index (χ2v) is 6.39. The average molecular weight is 312 g/mol. The van der Waals surface area contributed by atoms with Crippen molar-refractivity contribution < 1.29 is 0 Å². The molecule has 1 aliphatic heterocycles. The van der Waals surface area contributed by atoms with Crippen molar-refractivity contribution in [3.05, 3.63) is 34.7 Å². The Morgan fingerprint density at radius 3 is 2.52 bits per heavy atom. The zero-order chi connectivity index (χ0) is 16.4. The first-order valence-corrected chi connectivity index (χ1v) is 8.50. The number of benzene rings is 1. The SMILES string of the molecule is CCC(C#N)(CC)N1CCC(n2c(=O)[nH]c3ccccc32)CC1. The monoisotopic (exact) mass is 312 g/mol. The van der Waals surface area contributed by atoms with E-state index in [4.69, 9.17) is 0 Å². The van der Waals surface area contributed by atoms with Crippen molar-refractivity contribution in [1.29, 1.82) is 5.26 Å². The quantitative estimate of drug-likeness (QED) is 0.943. The molecule has 23 heavy (non-hydrogen) atoms. The number of para-hydroxylation sites is 2. The van der Waals surface area contributed by atoms with Crippen LogP contribution in [0.15, 0.2) is 29.1 Å². The molecule has 2 aromatic rings. The Hall–Kier alpha value is -2.06. The Morgan fingerprint density at radius 1 is 1.26 bits per heavy atom. The van der Waals surface area contributed by atoms with Crippen molar-refractivity contribution in [1.82, 2.24) is 14.5 Å². The molecule has 1 aliphatic rings. The highest BCUT2D eigenvalue weighted by Gasteiger charge is 2.36. The summed E-state index contributed by atoms with van der Waals surface area (Å²) in [6, 6.07) is 10.6. The van der Waals surface area contributed by atoms with Crippen molar-refractivity contribution >= 4 is 11.0 Å². The van der Waals surface area contributed by atoms with Crippen LogP contribution in [0.5, 0.6) is 0 Å². The average Bonchev–Trinajstić information content (AvgIpc) is 2.93. The van der Waals surface area contributed by atoms with E-state index in [1.807, 2.05) is 28.8 Å². The van der Waals surface area contributed by atoms with Gasteiger partial charge in [-0.15, -0.1) is 0 Å². The number of nitrogens with one attached hydrogen (secondary N) is 1. The number of aromatic amines is 1. The molecule has 0 unspecified atom stereocenters. The van der Waals surface area contributed by atoms with E-state index in [9.17, 15) is 10.1 Å². The lowest BCUT2D eigenvalue weighted by atomic mass is 9.89. The summed E-state index contributed by atoms with van der Waals surface area (Å²) in [5, 5.41) is 9.61. The summed E-state index contributed by atoms with van der Waals surface area (Å²) in [6.45, 7) is 5.91. The molecule has 1 saturated heterocycles. The number of likely N-dealkylation sites (tertiary alicyclic amines) is 1. The minimum Gasteiger partial charge on any atom is -0.306 e. The number of imidazole rings is 1. The Balaban J connectivity index is 1.83. The number of nitriles is 1. The molecule has 0 amide bonds. The highest BCUT2D eigenvalue weighted by Crippen LogP contribution is 2.31. The molecule has 5 nitrogen and oxygen atoms in total. The fourth-order valence-electron chi connectivity index (χ4n) is 3.91. The van der Waals surface area contributed by atoms with Gasteiger partial charge in [-0.2, -0.15) is 5.26 Å². The zero-order valence-electron chi connectivity index (χ0n) is 13.9. The van der Waals surface area contributed by atoms with Gasteiger partial charge < -0.3 is 4.98 Å². The molecular formula is C18H24N4O. The Labute approximate surface area is 136 Å². The molecule has 0 radical (unpaired) electrons. The van der Waals surface area contributed by atoms with Crippen LogP contribution >= 0.6 is 0 Å². The van der Waals surface area contributed by atoms with E-state index in [1.54, 1.807) is 0 Å². The highest BCUT2D eigenvalue weighted by molar-refractivity contribution is 5.75. The maximum Gasteiger partial charge on any atom is 0.326 e. The minimum atomic E-state index is -0.351. The number of hydrogen-bond acceptors (Lipinski definition) is 3. The molecule has 0 spiro atoms. The molecular weight excluding hydrogens is 288 g/mol. The fraction of sp³-hybridized carbons (Fsp3) is 0.556. The summed E-state index contributed by atoms with van der Waals surface area (Å²) in [4.78, 5) is 17.6. The van der Waals surface area contributed by atoms with Crippen LogP contribution in [0, 0.1) is 11.3 Å². The molecule has 0 atom stereocenters. The van der Waals surface area contributed by atoms with Crippen molar-refractivity contribution in [3.8, 4) is 6.07 Å². The maximum absolute atomic E-state index is 12.3. The molecule has 1 N–H and O–H groups in total. The van der Waals surface area contributed by atoms with E-state index in [0.29, 0.717) is 0 Å². The van der Waals surface area contributed by atoms with E-state index in [2.05, 4.69) is 29.8 Å². The predicted molar refractivity (Wildman–Crippen MR) is 91.3 cm³/mol. The number of rotatable bonds is 4. The van der Waals surface area contributed by atoms with Gasteiger partial charge in [0.2, 0.25) is 0 Å². The third-order valence-corrected chi connectivity index (χ3v) is 5.44. The molecule has 0 bridgehead atoms. The number of aromatic nitrogens is 2. The van der Waals surface area contributed by atoms with Gasteiger partial charge >= 0.3 is 5.69 Å². The van der Waals surface area contributed by atoms with Crippen LogP contribution in [0.4, 0.5) is 0 Å². The standard InChI is InChI=1S/C18H24N4O/c1-3-18(4-2,13-19)21-11-9-14(10-12-21)22-16-8-6-5-7-15(16)20-17(22)23/h5-8,14H,3-4,9-12H2,1-2H3,(H,20,23). The molecule has 0 saturated carbocycles. The van der Waals surface area contributed by atoms with Gasteiger partial charge in [-0.3, -0.25) is 9.47 Å². The van der Waals surface area contributed by atoms with Gasteiger partial charge in [-0.1, -0.05) is 26.0 Å². The number of hydrogen-bond donors (Lipinski definition) is 1. The van der Waals surface area contributed by atoms with Gasteiger partial charge in [-0.25, -0.2) is 4.79 Å². The zero-order valence-corrected chi connectivity index (χ0v) is 13.9. The van der Waals surface area contributed by atoms with Crippen LogP contribution in [0.25, 0.3) is 11.0 Å². The van der Waals surface area contributed by atoms with Gasteiger partial charge in [-0.05, 0) is 37.8 Å². The third kappa shape index (κ3) is 2.57. The smallest absolute Gasteiger partial charge is 0.306 e. The number of fused-ring (bicyclic) bond motifs is 1. The molecule has 1 aromatic carbocycles. The fourth-order valence-corrected chi connectivity index (χ4v) is 3.91. The lowest BCUT2D eigenvalue weighted by Gasteiger charge is -2.42. The van der Waals surface area contributed by atoms with Crippen LogP contribution in [0.3, 0.4) is 0 Å². The Morgan fingerprint density at radius 2 is 1.91 bits per heavy atom. The molecule has 122 valence electrons. The number of nitrogens with zero attached hydrogens (tertiary/aromatic N) is 3. The molecule has 1 aromatic heterocycles. The van der Waals surface area contributed by atoms with Crippen LogP contribution in [-0.4, -0.2) is 33.1 Å². The second kappa shape index (κ2) is 6.21. The van der Waals surface area contributed by atoms with E-state index in [1.165, 1.54) is 0 Å². The number of H-pyrrole nitrogens is 1. The molecule has 3 rings (SSSR count). The summed E-state index contributed by atoms with van der Waals surface area (Å²) >= 11 is 0. The maximum atomic E-state index is 12.3. The molecule has 5 heteroatoms. The summed E-state index contributed by atoms with van der Waals surface area (Å²) in [7, 11) is 0. The first-order chi connectivity index (χ1) is 11.1. The Bertz CT molecular complexity index is 770. The summed E-state index contributed by atoms with van der Waals surface area (Å²) in [6.07, 6.45) is 3.51. The lowest BCUT2D eigenvalue weighted by molar-refractivity contribution is 0.0836. The largest absolute Gasteiger partial charge is 0.326 e.